The molecule has 0 radical (unpaired) electrons. The highest BCUT2D eigenvalue weighted by molar-refractivity contribution is 7.90. The van der Waals surface area contributed by atoms with Gasteiger partial charge >= 0.3 is 5.97 Å². The van der Waals surface area contributed by atoms with E-state index in [9.17, 15) is 18.3 Å². The topological polar surface area (TPSA) is 136 Å². The van der Waals surface area contributed by atoms with Crippen molar-refractivity contribution in [2.75, 3.05) is 6.26 Å². The van der Waals surface area contributed by atoms with E-state index in [-0.39, 0.29) is 27.4 Å². The average molecular weight is 505 g/mol. The van der Waals surface area contributed by atoms with Crippen LogP contribution in [0.15, 0.2) is 69.1 Å². The second-order valence-corrected chi connectivity index (χ2v) is 10.6. The number of nitrogens with zero attached hydrogens (tertiary/aromatic N) is 3. The number of carboxylic acids is 1. The summed E-state index contributed by atoms with van der Waals surface area (Å²) >= 11 is 7.34. The highest BCUT2D eigenvalue weighted by Crippen LogP contribution is 2.30. The van der Waals surface area contributed by atoms with E-state index in [1.165, 1.54) is 12.1 Å². The third kappa shape index (κ3) is 5.65. The number of allylic oxidation sites excluding steroid dienone is 1. The Morgan fingerprint density at radius 2 is 1.88 bits per heavy atom. The standard InChI is InChI=1S/C22H21ClN4O4S2/c1-12(2)15-9-4-5-10-16(15)25-19(17(23)18(24)22(28)29)20-26-21(32-27-20)13-7-6-8-14(11-13)33(3,30)31/h4-12H,24H2,1-3H3,(H,28,29)/b18-17+,25-19?. The third-order valence-electron chi connectivity index (χ3n) is 4.61. The summed E-state index contributed by atoms with van der Waals surface area (Å²) in [5.41, 5.74) is 7.14. The monoisotopic (exact) mass is 504 g/mol. The molecule has 0 aliphatic heterocycles. The fourth-order valence-corrected chi connectivity index (χ4v) is 4.45. The van der Waals surface area contributed by atoms with Crippen molar-refractivity contribution in [3.05, 3.63) is 70.6 Å². The van der Waals surface area contributed by atoms with Crippen LogP contribution in [0, 0.1) is 0 Å². The number of rotatable bonds is 7. The molecule has 2 aromatic carbocycles. The van der Waals surface area contributed by atoms with Gasteiger partial charge in [0.2, 0.25) is 0 Å². The van der Waals surface area contributed by atoms with E-state index in [4.69, 9.17) is 17.3 Å². The lowest BCUT2D eigenvalue weighted by Crippen LogP contribution is -2.17. The summed E-state index contributed by atoms with van der Waals surface area (Å²) in [7, 11) is -3.41. The van der Waals surface area contributed by atoms with Gasteiger partial charge in [0.1, 0.15) is 21.4 Å². The van der Waals surface area contributed by atoms with Crippen LogP contribution in [-0.2, 0) is 14.6 Å². The number of carbonyl (C=O) groups is 1. The van der Waals surface area contributed by atoms with Gasteiger partial charge in [-0.3, -0.25) is 0 Å². The van der Waals surface area contributed by atoms with Crippen LogP contribution in [0.4, 0.5) is 5.69 Å². The highest BCUT2D eigenvalue weighted by Gasteiger charge is 2.22. The lowest BCUT2D eigenvalue weighted by molar-refractivity contribution is -0.132. The molecule has 8 nitrogen and oxygen atoms in total. The summed E-state index contributed by atoms with van der Waals surface area (Å²) in [6.07, 6.45) is 1.12. The maximum Gasteiger partial charge on any atom is 0.353 e. The number of hydrogen-bond donors (Lipinski definition) is 2. The summed E-state index contributed by atoms with van der Waals surface area (Å²) < 4.78 is 28.1. The molecule has 3 rings (SSSR count). The summed E-state index contributed by atoms with van der Waals surface area (Å²) in [5, 5.41) is 9.45. The molecular weight excluding hydrogens is 484 g/mol. The SMILES string of the molecule is CC(C)c1ccccc1N=C(/C(Cl)=C(\N)C(=O)O)c1nsc(-c2cccc(S(C)(=O)=O)c2)n1. The molecule has 1 aromatic heterocycles. The van der Waals surface area contributed by atoms with Crippen LogP contribution >= 0.6 is 23.1 Å². The van der Waals surface area contributed by atoms with Crippen LogP contribution in [0.1, 0.15) is 31.2 Å². The molecule has 0 bridgehead atoms. The quantitative estimate of drug-likeness (QED) is 0.360. The maximum atomic E-state index is 11.9. The Morgan fingerprint density at radius 1 is 1.18 bits per heavy atom. The van der Waals surface area contributed by atoms with Crippen molar-refractivity contribution in [2.24, 2.45) is 10.7 Å². The molecule has 0 aliphatic carbocycles. The zero-order valence-corrected chi connectivity index (χ0v) is 20.4. The van der Waals surface area contributed by atoms with Crippen molar-refractivity contribution in [3.63, 3.8) is 0 Å². The Bertz CT molecular complexity index is 1380. The molecule has 172 valence electrons. The number of carboxylic acid groups (broad SMARTS) is 1. The fourth-order valence-electron chi connectivity index (χ4n) is 2.91. The van der Waals surface area contributed by atoms with E-state index in [0.717, 1.165) is 23.4 Å². The van der Waals surface area contributed by atoms with Crippen molar-refractivity contribution in [1.82, 2.24) is 9.36 Å². The number of sulfone groups is 1. The minimum atomic E-state index is -3.41. The summed E-state index contributed by atoms with van der Waals surface area (Å²) in [5.74, 6) is -1.18. The Morgan fingerprint density at radius 3 is 2.52 bits per heavy atom. The molecule has 0 saturated heterocycles. The van der Waals surface area contributed by atoms with Gasteiger partial charge in [-0.25, -0.2) is 23.2 Å². The summed E-state index contributed by atoms with van der Waals surface area (Å²) in [6, 6.07) is 13.7. The van der Waals surface area contributed by atoms with Gasteiger partial charge in [0.15, 0.2) is 15.7 Å². The predicted molar refractivity (Wildman–Crippen MR) is 130 cm³/mol. The van der Waals surface area contributed by atoms with Gasteiger partial charge in [-0.05, 0) is 41.2 Å². The molecule has 0 atom stereocenters. The number of nitrogens with two attached hydrogens (primary N) is 1. The molecule has 33 heavy (non-hydrogen) atoms. The van der Waals surface area contributed by atoms with Gasteiger partial charge in [-0.15, -0.1) is 0 Å². The summed E-state index contributed by atoms with van der Waals surface area (Å²) in [4.78, 5) is 20.6. The van der Waals surface area contributed by atoms with Crippen LogP contribution < -0.4 is 5.73 Å². The zero-order valence-electron chi connectivity index (χ0n) is 18.0. The number of aliphatic imine (C=N–C) groups is 1. The van der Waals surface area contributed by atoms with Crippen molar-refractivity contribution in [3.8, 4) is 10.6 Å². The van der Waals surface area contributed by atoms with Gasteiger partial charge < -0.3 is 10.8 Å². The molecule has 1 heterocycles. The number of hydrogen-bond acceptors (Lipinski definition) is 8. The molecule has 0 amide bonds. The first-order valence-corrected chi connectivity index (χ1v) is 12.7. The number of halogens is 1. The Balaban J connectivity index is 2.18. The molecule has 3 aromatic rings. The smallest absolute Gasteiger partial charge is 0.353 e. The van der Waals surface area contributed by atoms with Crippen molar-refractivity contribution >= 4 is 50.3 Å². The number of aromatic nitrogens is 2. The molecule has 11 heteroatoms. The van der Waals surface area contributed by atoms with Crippen LogP contribution in [0.2, 0.25) is 0 Å². The Hall–Kier alpha value is -3.08. The van der Waals surface area contributed by atoms with Crippen molar-refractivity contribution in [1.29, 1.82) is 0 Å². The second kappa shape index (κ2) is 9.82. The van der Waals surface area contributed by atoms with Gasteiger partial charge in [0, 0.05) is 11.8 Å². The van der Waals surface area contributed by atoms with Crippen LogP contribution in [-0.4, -0.2) is 40.8 Å². The van der Waals surface area contributed by atoms with Gasteiger partial charge in [-0.1, -0.05) is 55.8 Å². The van der Waals surface area contributed by atoms with Crippen LogP contribution in [0.5, 0.6) is 0 Å². The molecule has 0 spiro atoms. The maximum absolute atomic E-state index is 11.9. The van der Waals surface area contributed by atoms with Gasteiger partial charge in [0.25, 0.3) is 0 Å². The largest absolute Gasteiger partial charge is 0.477 e. The molecule has 0 fully saturated rings. The van der Waals surface area contributed by atoms with Crippen LogP contribution in [0.25, 0.3) is 10.6 Å². The van der Waals surface area contributed by atoms with E-state index < -0.39 is 21.5 Å². The summed E-state index contributed by atoms with van der Waals surface area (Å²) in [6.45, 7) is 4.01. The normalized spacial score (nSPS) is 13.2. The fraction of sp³-hybridized carbons (Fsp3) is 0.182. The minimum absolute atomic E-state index is 0.00596. The first-order chi connectivity index (χ1) is 15.5. The van der Waals surface area contributed by atoms with Gasteiger partial charge in [0.05, 0.1) is 10.6 Å². The van der Waals surface area contributed by atoms with Crippen molar-refractivity contribution < 1.29 is 18.3 Å². The third-order valence-corrected chi connectivity index (χ3v) is 6.87. The van der Waals surface area contributed by atoms with Gasteiger partial charge in [-0.2, -0.15) is 4.37 Å². The second-order valence-electron chi connectivity index (χ2n) is 7.43. The Kier molecular flexibility index (Phi) is 7.31. The van der Waals surface area contributed by atoms with Crippen molar-refractivity contribution in [2.45, 2.75) is 24.7 Å². The Labute approximate surface area is 200 Å². The average Bonchev–Trinajstić information content (AvgIpc) is 3.26. The molecular formula is C22H21ClN4O4S2. The zero-order chi connectivity index (χ0) is 24.3. The number of aliphatic carboxylic acids is 1. The molecule has 3 N–H and O–H groups in total. The lowest BCUT2D eigenvalue weighted by atomic mass is 10.0. The molecule has 0 saturated carbocycles. The van der Waals surface area contributed by atoms with E-state index in [2.05, 4.69) is 14.3 Å². The first-order valence-electron chi connectivity index (χ1n) is 9.70. The lowest BCUT2D eigenvalue weighted by Gasteiger charge is -2.10. The molecule has 0 aliphatic rings. The predicted octanol–water partition coefficient (Wildman–Crippen LogP) is 4.35. The van der Waals surface area contributed by atoms with Crippen LogP contribution in [0.3, 0.4) is 0 Å². The molecule has 0 unspecified atom stereocenters. The van der Waals surface area contributed by atoms with E-state index >= 15 is 0 Å². The minimum Gasteiger partial charge on any atom is -0.477 e. The first kappa shape index (κ1) is 24.6. The van der Waals surface area contributed by atoms with E-state index in [1.807, 2.05) is 26.0 Å². The van der Waals surface area contributed by atoms with E-state index in [0.29, 0.717) is 16.3 Å². The number of para-hydroxylation sites is 1. The number of benzene rings is 2. The highest BCUT2D eigenvalue weighted by atomic mass is 35.5. The van der Waals surface area contributed by atoms with E-state index in [1.54, 1.807) is 24.3 Å².